The molecule has 28 heavy (non-hydrogen) atoms. The minimum atomic E-state index is -1.02. The van der Waals surface area contributed by atoms with Crippen molar-refractivity contribution in [2.24, 2.45) is 0 Å². The highest BCUT2D eigenvalue weighted by molar-refractivity contribution is 5.86. The van der Waals surface area contributed by atoms with Crippen LogP contribution in [0.5, 0.6) is 0 Å². The molecule has 6 heteroatoms. The van der Waals surface area contributed by atoms with Crippen LogP contribution in [0.15, 0.2) is 54.6 Å². The predicted molar refractivity (Wildman–Crippen MR) is 102 cm³/mol. The molecular weight excluding hydrogens is 361 g/mol. The highest BCUT2D eigenvalue weighted by Crippen LogP contribution is 2.34. The van der Waals surface area contributed by atoms with Crippen molar-refractivity contribution < 1.29 is 23.5 Å². The second-order valence-electron chi connectivity index (χ2n) is 6.88. The molecule has 1 saturated heterocycles. The fourth-order valence-corrected chi connectivity index (χ4v) is 3.53. The van der Waals surface area contributed by atoms with E-state index in [-0.39, 0.29) is 19.0 Å². The van der Waals surface area contributed by atoms with Crippen LogP contribution in [0.1, 0.15) is 37.3 Å². The van der Waals surface area contributed by atoms with Crippen LogP contribution in [-0.4, -0.2) is 29.0 Å². The summed E-state index contributed by atoms with van der Waals surface area (Å²) in [6.07, 6.45) is 1.17. The number of hydrogen-bond donors (Lipinski definition) is 0. The molecule has 0 aromatic heterocycles. The molecule has 1 aliphatic rings. The molecule has 3 rings (SSSR count). The number of benzene rings is 2. The van der Waals surface area contributed by atoms with Crippen LogP contribution in [0.4, 0.5) is 9.18 Å². The highest BCUT2D eigenvalue weighted by Gasteiger charge is 2.50. The average molecular weight is 385 g/mol. The van der Waals surface area contributed by atoms with Gasteiger partial charge in [0.25, 0.3) is 0 Å². The van der Waals surface area contributed by atoms with E-state index in [2.05, 4.69) is 0 Å². The molecule has 1 atom stereocenters. The van der Waals surface area contributed by atoms with Crippen LogP contribution >= 0.6 is 0 Å². The molecule has 0 radical (unpaired) electrons. The number of rotatable bonds is 6. The van der Waals surface area contributed by atoms with Gasteiger partial charge < -0.3 is 9.47 Å². The maximum Gasteiger partial charge on any atom is 0.411 e. The third kappa shape index (κ3) is 4.32. The minimum absolute atomic E-state index is 0.0355. The summed E-state index contributed by atoms with van der Waals surface area (Å²) in [5.41, 5.74) is 0.557. The minimum Gasteiger partial charge on any atom is -0.459 e. The Bertz CT molecular complexity index is 809. The van der Waals surface area contributed by atoms with Crippen LogP contribution in [0.2, 0.25) is 0 Å². The molecule has 1 amide bonds. The molecule has 0 N–H and O–H groups in total. The molecule has 2 aromatic carbocycles. The SMILES string of the molecule is CCC1(C(=O)OCc2ccc(F)cc2)CCCN1C(=O)OCc1ccccc1. The van der Waals surface area contributed by atoms with Crippen molar-refractivity contribution in [2.75, 3.05) is 6.54 Å². The molecule has 0 aliphatic carbocycles. The fourth-order valence-electron chi connectivity index (χ4n) is 3.53. The number of ether oxygens (including phenoxy) is 2. The molecule has 0 spiro atoms. The number of halogens is 1. The summed E-state index contributed by atoms with van der Waals surface area (Å²) in [5, 5.41) is 0. The largest absolute Gasteiger partial charge is 0.459 e. The maximum absolute atomic E-state index is 13.0. The Labute approximate surface area is 164 Å². The summed E-state index contributed by atoms with van der Waals surface area (Å²) in [4.78, 5) is 27.0. The summed E-state index contributed by atoms with van der Waals surface area (Å²) in [6.45, 7) is 2.50. The summed E-state index contributed by atoms with van der Waals surface area (Å²) >= 11 is 0. The lowest BCUT2D eigenvalue weighted by Crippen LogP contribution is -2.53. The molecule has 1 unspecified atom stereocenters. The number of nitrogens with zero attached hydrogens (tertiary/aromatic N) is 1. The average Bonchev–Trinajstić information content (AvgIpc) is 3.17. The number of carbonyl (C=O) groups excluding carboxylic acids is 2. The smallest absolute Gasteiger partial charge is 0.411 e. The molecule has 1 fully saturated rings. The van der Waals surface area contributed by atoms with Gasteiger partial charge in [-0.15, -0.1) is 0 Å². The lowest BCUT2D eigenvalue weighted by Gasteiger charge is -2.34. The normalized spacial score (nSPS) is 18.7. The van der Waals surface area contributed by atoms with Crippen molar-refractivity contribution in [1.82, 2.24) is 4.90 Å². The van der Waals surface area contributed by atoms with Crippen molar-refractivity contribution in [3.63, 3.8) is 0 Å². The van der Waals surface area contributed by atoms with Crippen molar-refractivity contribution in [3.8, 4) is 0 Å². The molecule has 0 saturated carbocycles. The maximum atomic E-state index is 13.0. The first-order chi connectivity index (χ1) is 13.5. The third-order valence-electron chi connectivity index (χ3n) is 5.16. The van der Waals surface area contributed by atoms with Crippen LogP contribution in [0, 0.1) is 5.82 Å². The Morgan fingerprint density at radius 1 is 1.00 bits per heavy atom. The molecule has 0 bridgehead atoms. The van der Waals surface area contributed by atoms with Gasteiger partial charge in [0.2, 0.25) is 0 Å². The Morgan fingerprint density at radius 2 is 1.64 bits per heavy atom. The van der Waals surface area contributed by atoms with Gasteiger partial charge in [0.05, 0.1) is 0 Å². The first-order valence-corrected chi connectivity index (χ1v) is 9.45. The second kappa shape index (κ2) is 8.87. The van der Waals surface area contributed by atoms with Crippen molar-refractivity contribution in [1.29, 1.82) is 0 Å². The highest BCUT2D eigenvalue weighted by atomic mass is 19.1. The quantitative estimate of drug-likeness (QED) is 0.690. The van der Waals surface area contributed by atoms with Gasteiger partial charge in [0.15, 0.2) is 0 Å². The van der Waals surface area contributed by atoms with E-state index in [0.29, 0.717) is 31.4 Å². The molecule has 1 heterocycles. The van der Waals surface area contributed by atoms with Crippen molar-refractivity contribution >= 4 is 12.1 Å². The van der Waals surface area contributed by atoms with Crippen molar-refractivity contribution in [3.05, 3.63) is 71.5 Å². The summed E-state index contributed by atoms with van der Waals surface area (Å²) in [6, 6.07) is 15.2. The Hall–Kier alpha value is -2.89. The molecule has 1 aliphatic heterocycles. The van der Waals surface area contributed by atoms with Crippen LogP contribution < -0.4 is 0 Å². The number of likely N-dealkylation sites (tertiary alicyclic amines) is 1. The fraction of sp³-hybridized carbons (Fsp3) is 0.364. The second-order valence-corrected chi connectivity index (χ2v) is 6.88. The van der Waals surface area contributed by atoms with E-state index in [1.165, 1.54) is 17.0 Å². The number of amides is 1. The zero-order valence-corrected chi connectivity index (χ0v) is 15.9. The van der Waals surface area contributed by atoms with Gasteiger partial charge >= 0.3 is 12.1 Å². The van der Waals surface area contributed by atoms with E-state index < -0.39 is 17.6 Å². The third-order valence-corrected chi connectivity index (χ3v) is 5.16. The van der Waals surface area contributed by atoms with Gasteiger partial charge in [0.1, 0.15) is 24.6 Å². The zero-order valence-electron chi connectivity index (χ0n) is 15.9. The standard InChI is InChI=1S/C22H24FNO4/c1-2-22(20(25)27-15-18-9-11-19(23)12-10-18)13-6-14-24(22)21(26)28-16-17-7-4-3-5-8-17/h3-5,7-12H,2,6,13-16H2,1H3. The van der Waals surface area contributed by atoms with E-state index in [9.17, 15) is 14.0 Å². The van der Waals surface area contributed by atoms with Gasteiger partial charge in [0, 0.05) is 6.54 Å². The first-order valence-electron chi connectivity index (χ1n) is 9.45. The Balaban J connectivity index is 1.64. The van der Waals surface area contributed by atoms with Crippen LogP contribution in [0.25, 0.3) is 0 Å². The number of carbonyl (C=O) groups is 2. The first kappa shape index (κ1) is 19.9. The van der Waals surface area contributed by atoms with E-state index in [0.717, 1.165) is 5.56 Å². The lowest BCUT2D eigenvalue weighted by molar-refractivity contribution is -0.157. The van der Waals surface area contributed by atoms with E-state index >= 15 is 0 Å². The van der Waals surface area contributed by atoms with E-state index in [1.807, 2.05) is 37.3 Å². The number of esters is 1. The van der Waals surface area contributed by atoms with Gasteiger partial charge in [-0.05, 0) is 42.5 Å². The Morgan fingerprint density at radius 3 is 2.32 bits per heavy atom. The summed E-state index contributed by atoms with van der Waals surface area (Å²) in [7, 11) is 0. The van der Waals surface area contributed by atoms with Gasteiger partial charge in [-0.1, -0.05) is 49.4 Å². The van der Waals surface area contributed by atoms with Crippen LogP contribution in [0.3, 0.4) is 0 Å². The van der Waals surface area contributed by atoms with Gasteiger partial charge in [-0.25, -0.2) is 14.0 Å². The van der Waals surface area contributed by atoms with Gasteiger partial charge in [-0.3, -0.25) is 4.90 Å². The summed E-state index contributed by atoms with van der Waals surface area (Å²) < 4.78 is 23.9. The molecule has 2 aromatic rings. The monoisotopic (exact) mass is 385 g/mol. The van der Waals surface area contributed by atoms with E-state index in [4.69, 9.17) is 9.47 Å². The summed E-state index contributed by atoms with van der Waals surface area (Å²) in [5.74, 6) is -0.795. The molecular formula is C22H24FNO4. The zero-order chi connectivity index (χ0) is 20.0. The lowest BCUT2D eigenvalue weighted by atomic mass is 9.93. The predicted octanol–water partition coefficient (Wildman–Crippen LogP) is 4.45. The van der Waals surface area contributed by atoms with E-state index in [1.54, 1.807) is 12.1 Å². The van der Waals surface area contributed by atoms with Gasteiger partial charge in [-0.2, -0.15) is 0 Å². The van der Waals surface area contributed by atoms with Crippen LogP contribution in [-0.2, 0) is 27.5 Å². The molecule has 148 valence electrons. The molecule has 5 nitrogen and oxygen atoms in total. The Kier molecular flexibility index (Phi) is 6.29. The topological polar surface area (TPSA) is 55.8 Å². The number of hydrogen-bond acceptors (Lipinski definition) is 4. The van der Waals surface area contributed by atoms with Crippen molar-refractivity contribution in [2.45, 2.75) is 44.9 Å².